The quantitative estimate of drug-likeness (QED) is 0.807. The van der Waals surface area contributed by atoms with E-state index in [1.165, 1.54) is 12.4 Å². The van der Waals surface area contributed by atoms with Gasteiger partial charge in [-0.15, -0.1) is 0 Å². The number of halogens is 1. The predicted molar refractivity (Wildman–Crippen MR) is 53.3 cm³/mol. The Balaban J connectivity index is 1.94. The highest BCUT2D eigenvalue weighted by Gasteiger charge is 2.23. The van der Waals surface area contributed by atoms with E-state index < -0.39 is 0 Å². The second kappa shape index (κ2) is 4.11. The third-order valence-corrected chi connectivity index (χ3v) is 2.49. The van der Waals surface area contributed by atoms with Crippen molar-refractivity contribution in [2.45, 2.75) is 31.4 Å². The standard InChI is InChI=1S/C9H12ClN3O/c10-6-4-12-9(13-5-6)14-8-2-1-7(11)3-8/h4-5,7-8H,1-3,11H2. The summed E-state index contributed by atoms with van der Waals surface area (Å²) < 4.78 is 5.54. The summed E-state index contributed by atoms with van der Waals surface area (Å²) in [6.07, 6.45) is 6.08. The molecule has 0 aliphatic heterocycles. The van der Waals surface area contributed by atoms with Crippen molar-refractivity contribution in [1.82, 2.24) is 9.97 Å². The van der Waals surface area contributed by atoms with Gasteiger partial charge in [-0.05, 0) is 19.3 Å². The van der Waals surface area contributed by atoms with Gasteiger partial charge in [0, 0.05) is 6.04 Å². The van der Waals surface area contributed by atoms with Crippen LogP contribution < -0.4 is 10.5 Å². The first-order valence-electron chi connectivity index (χ1n) is 4.64. The molecular weight excluding hydrogens is 202 g/mol. The van der Waals surface area contributed by atoms with Crippen molar-refractivity contribution in [3.05, 3.63) is 17.4 Å². The maximum absolute atomic E-state index is 5.76. The van der Waals surface area contributed by atoms with Crippen LogP contribution in [0.1, 0.15) is 19.3 Å². The van der Waals surface area contributed by atoms with Crippen LogP contribution in [0.25, 0.3) is 0 Å². The lowest BCUT2D eigenvalue weighted by Crippen LogP contribution is -2.19. The number of nitrogens with zero attached hydrogens (tertiary/aromatic N) is 2. The van der Waals surface area contributed by atoms with Crippen LogP contribution in [0.2, 0.25) is 5.02 Å². The molecule has 5 heteroatoms. The highest BCUT2D eigenvalue weighted by Crippen LogP contribution is 2.21. The Labute approximate surface area is 87.4 Å². The van der Waals surface area contributed by atoms with Gasteiger partial charge in [0.2, 0.25) is 0 Å². The summed E-state index contributed by atoms with van der Waals surface area (Å²) in [5.41, 5.74) is 5.76. The zero-order chi connectivity index (χ0) is 9.97. The van der Waals surface area contributed by atoms with Crippen molar-refractivity contribution in [3.8, 4) is 6.01 Å². The largest absolute Gasteiger partial charge is 0.460 e. The van der Waals surface area contributed by atoms with Gasteiger partial charge < -0.3 is 10.5 Å². The number of rotatable bonds is 2. The fourth-order valence-electron chi connectivity index (χ4n) is 1.59. The molecule has 0 radical (unpaired) electrons. The number of aromatic nitrogens is 2. The first-order chi connectivity index (χ1) is 6.74. The summed E-state index contributed by atoms with van der Waals surface area (Å²) >= 11 is 5.65. The molecule has 2 unspecified atom stereocenters. The molecule has 1 aliphatic rings. The molecular formula is C9H12ClN3O. The van der Waals surface area contributed by atoms with E-state index in [2.05, 4.69) is 9.97 Å². The van der Waals surface area contributed by atoms with E-state index in [0.29, 0.717) is 11.0 Å². The van der Waals surface area contributed by atoms with Crippen LogP contribution in [-0.2, 0) is 0 Å². The van der Waals surface area contributed by atoms with Crippen molar-refractivity contribution < 1.29 is 4.74 Å². The van der Waals surface area contributed by atoms with Crippen molar-refractivity contribution in [2.24, 2.45) is 5.73 Å². The Bertz CT molecular complexity index is 303. The van der Waals surface area contributed by atoms with Crippen LogP contribution in [0.3, 0.4) is 0 Å². The fraction of sp³-hybridized carbons (Fsp3) is 0.556. The molecule has 1 aromatic rings. The van der Waals surface area contributed by atoms with Crippen LogP contribution in [0.4, 0.5) is 0 Å². The maximum atomic E-state index is 5.76. The molecule has 1 saturated carbocycles. The minimum Gasteiger partial charge on any atom is -0.460 e. The zero-order valence-corrected chi connectivity index (χ0v) is 8.44. The highest BCUT2D eigenvalue weighted by atomic mass is 35.5. The van der Waals surface area contributed by atoms with Crippen LogP contribution >= 0.6 is 11.6 Å². The Kier molecular flexibility index (Phi) is 2.84. The molecule has 1 heterocycles. The molecule has 0 saturated heterocycles. The van der Waals surface area contributed by atoms with Crippen molar-refractivity contribution in [3.63, 3.8) is 0 Å². The van der Waals surface area contributed by atoms with Gasteiger partial charge in [0.25, 0.3) is 0 Å². The van der Waals surface area contributed by atoms with E-state index in [1.807, 2.05) is 0 Å². The van der Waals surface area contributed by atoms with Crippen molar-refractivity contribution in [2.75, 3.05) is 0 Å². The van der Waals surface area contributed by atoms with Crippen LogP contribution in [0, 0.1) is 0 Å². The molecule has 2 N–H and O–H groups in total. The maximum Gasteiger partial charge on any atom is 0.316 e. The Morgan fingerprint density at radius 3 is 2.64 bits per heavy atom. The molecule has 0 aromatic carbocycles. The van der Waals surface area contributed by atoms with Gasteiger partial charge in [0.15, 0.2) is 0 Å². The molecule has 76 valence electrons. The van der Waals surface area contributed by atoms with Crippen LogP contribution in [0.5, 0.6) is 6.01 Å². The second-order valence-electron chi connectivity index (χ2n) is 3.50. The summed E-state index contributed by atoms with van der Waals surface area (Å²) in [4.78, 5) is 7.92. The van der Waals surface area contributed by atoms with Gasteiger partial charge in [-0.3, -0.25) is 0 Å². The van der Waals surface area contributed by atoms with Gasteiger partial charge in [0.05, 0.1) is 17.4 Å². The number of hydrogen-bond acceptors (Lipinski definition) is 4. The molecule has 2 atom stereocenters. The third kappa shape index (κ3) is 2.33. The Morgan fingerprint density at radius 1 is 1.36 bits per heavy atom. The summed E-state index contributed by atoms with van der Waals surface area (Å²) in [5, 5.41) is 0.514. The molecule has 0 amide bonds. The minimum absolute atomic E-state index is 0.158. The Morgan fingerprint density at radius 2 is 2.07 bits per heavy atom. The average molecular weight is 214 g/mol. The van der Waals surface area contributed by atoms with E-state index in [-0.39, 0.29) is 12.1 Å². The fourth-order valence-corrected chi connectivity index (χ4v) is 1.69. The molecule has 1 aliphatic carbocycles. The van der Waals surface area contributed by atoms with Gasteiger partial charge >= 0.3 is 6.01 Å². The van der Waals surface area contributed by atoms with Crippen LogP contribution in [-0.4, -0.2) is 22.1 Å². The number of nitrogens with two attached hydrogens (primary N) is 1. The predicted octanol–water partition coefficient (Wildman–Crippen LogP) is 1.39. The van der Waals surface area contributed by atoms with E-state index in [4.69, 9.17) is 22.1 Å². The topological polar surface area (TPSA) is 61.0 Å². The summed E-state index contributed by atoms with van der Waals surface area (Å²) in [5.74, 6) is 0. The highest BCUT2D eigenvalue weighted by molar-refractivity contribution is 6.30. The molecule has 1 aromatic heterocycles. The SMILES string of the molecule is NC1CCC(Oc2ncc(Cl)cn2)C1. The zero-order valence-electron chi connectivity index (χ0n) is 7.69. The smallest absolute Gasteiger partial charge is 0.316 e. The first-order valence-corrected chi connectivity index (χ1v) is 5.01. The van der Waals surface area contributed by atoms with E-state index in [9.17, 15) is 0 Å². The molecule has 14 heavy (non-hydrogen) atoms. The van der Waals surface area contributed by atoms with E-state index in [0.717, 1.165) is 19.3 Å². The van der Waals surface area contributed by atoms with Crippen molar-refractivity contribution >= 4 is 11.6 Å². The molecule has 0 spiro atoms. The molecule has 1 fully saturated rings. The lowest BCUT2D eigenvalue weighted by molar-refractivity contribution is 0.190. The van der Waals surface area contributed by atoms with Gasteiger partial charge in [-0.1, -0.05) is 11.6 Å². The van der Waals surface area contributed by atoms with Crippen molar-refractivity contribution in [1.29, 1.82) is 0 Å². The first kappa shape index (κ1) is 9.68. The summed E-state index contributed by atoms with van der Waals surface area (Å²) in [7, 11) is 0. The lowest BCUT2D eigenvalue weighted by atomic mass is 10.3. The summed E-state index contributed by atoms with van der Waals surface area (Å²) in [6.45, 7) is 0. The lowest BCUT2D eigenvalue weighted by Gasteiger charge is -2.10. The summed E-state index contributed by atoms with van der Waals surface area (Å²) in [6, 6.07) is 0.640. The molecule has 4 nitrogen and oxygen atoms in total. The second-order valence-corrected chi connectivity index (χ2v) is 3.93. The molecule has 2 rings (SSSR count). The normalized spacial score (nSPS) is 26.4. The number of hydrogen-bond donors (Lipinski definition) is 1. The monoisotopic (exact) mass is 213 g/mol. The average Bonchev–Trinajstić information content (AvgIpc) is 2.56. The Hall–Kier alpha value is -0.870. The van der Waals surface area contributed by atoms with Gasteiger partial charge in [0.1, 0.15) is 6.10 Å². The minimum atomic E-state index is 0.158. The molecule has 0 bridgehead atoms. The number of ether oxygens (including phenoxy) is 1. The van der Waals surface area contributed by atoms with Crippen LogP contribution in [0.15, 0.2) is 12.4 Å². The van der Waals surface area contributed by atoms with Gasteiger partial charge in [-0.25, -0.2) is 9.97 Å². The van der Waals surface area contributed by atoms with Gasteiger partial charge in [-0.2, -0.15) is 0 Å². The van der Waals surface area contributed by atoms with E-state index >= 15 is 0 Å². The van der Waals surface area contributed by atoms with E-state index in [1.54, 1.807) is 0 Å². The third-order valence-electron chi connectivity index (χ3n) is 2.29.